The Morgan fingerprint density at radius 2 is 2.07 bits per heavy atom. The molecular weight excluding hydrogens is 188 g/mol. The first-order chi connectivity index (χ1) is 7.20. The van der Waals surface area contributed by atoms with E-state index in [1.165, 1.54) is 0 Å². The van der Waals surface area contributed by atoms with Gasteiger partial charge in [-0.3, -0.25) is 4.98 Å². The SMILES string of the molecule is C[C@@H](N)[C@@H](O)c1cccc2ncccc12. The molecule has 0 spiro atoms. The van der Waals surface area contributed by atoms with Crippen molar-refractivity contribution in [3.8, 4) is 0 Å². The van der Waals surface area contributed by atoms with Crippen LogP contribution in [-0.4, -0.2) is 16.1 Å². The minimum Gasteiger partial charge on any atom is -0.387 e. The molecule has 3 N–H and O–H groups in total. The number of nitrogens with zero attached hydrogens (tertiary/aromatic N) is 1. The van der Waals surface area contributed by atoms with Crippen molar-refractivity contribution in [1.82, 2.24) is 4.98 Å². The quantitative estimate of drug-likeness (QED) is 0.778. The maximum atomic E-state index is 9.94. The number of aromatic nitrogens is 1. The standard InChI is InChI=1S/C12H14N2O/c1-8(13)12(15)10-4-2-6-11-9(10)5-3-7-14-11/h2-8,12,15H,13H2,1H3/t8-,12-/m1/s1. The molecule has 3 heteroatoms. The summed E-state index contributed by atoms with van der Waals surface area (Å²) in [5.41, 5.74) is 7.42. The van der Waals surface area contributed by atoms with E-state index in [1.807, 2.05) is 30.3 Å². The van der Waals surface area contributed by atoms with E-state index in [0.717, 1.165) is 16.5 Å². The molecule has 0 aliphatic heterocycles. The van der Waals surface area contributed by atoms with Gasteiger partial charge in [-0.1, -0.05) is 18.2 Å². The molecule has 1 aromatic heterocycles. The lowest BCUT2D eigenvalue weighted by Gasteiger charge is -2.16. The first-order valence-corrected chi connectivity index (χ1v) is 4.97. The lowest BCUT2D eigenvalue weighted by Crippen LogP contribution is -2.24. The molecule has 1 heterocycles. The highest BCUT2D eigenvalue weighted by Gasteiger charge is 2.14. The van der Waals surface area contributed by atoms with Crippen LogP contribution in [0, 0.1) is 0 Å². The molecule has 2 rings (SSSR count). The number of aliphatic hydroxyl groups is 1. The average molecular weight is 202 g/mol. The van der Waals surface area contributed by atoms with Crippen LogP contribution in [0.3, 0.4) is 0 Å². The summed E-state index contributed by atoms with van der Waals surface area (Å²) < 4.78 is 0. The maximum Gasteiger partial charge on any atom is 0.0944 e. The highest BCUT2D eigenvalue weighted by molar-refractivity contribution is 5.82. The summed E-state index contributed by atoms with van der Waals surface area (Å²) in [6.07, 6.45) is 1.10. The summed E-state index contributed by atoms with van der Waals surface area (Å²) in [7, 11) is 0. The number of rotatable bonds is 2. The lowest BCUT2D eigenvalue weighted by atomic mass is 9.99. The summed E-state index contributed by atoms with van der Waals surface area (Å²) in [5, 5.41) is 10.9. The topological polar surface area (TPSA) is 59.1 Å². The smallest absolute Gasteiger partial charge is 0.0944 e. The zero-order chi connectivity index (χ0) is 10.8. The van der Waals surface area contributed by atoms with E-state index in [0.29, 0.717) is 0 Å². The van der Waals surface area contributed by atoms with E-state index in [1.54, 1.807) is 13.1 Å². The van der Waals surface area contributed by atoms with Gasteiger partial charge < -0.3 is 10.8 Å². The molecule has 0 radical (unpaired) electrons. The Hall–Kier alpha value is -1.45. The number of hydrogen-bond donors (Lipinski definition) is 2. The van der Waals surface area contributed by atoms with Crippen molar-refractivity contribution in [1.29, 1.82) is 0 Å². The van der Waals surface area contributed by atoms with E-state index in [9.17, 15) is 5.11 Å². The summed E-state index contributed by atoms with van der Waals surface area (Å²) in [6.45, 7) is 1.79. The van der Waals surface area contributed by atoms with Crippen molar-refractivity contribution >= 4 is 10.9 Å². The molecule has 0 aliphatic rings. The van der Waals surface area contributed by atoms with Crippen LogP contribution in [0.2, 0.25) is 0 Å². The van der Waals surface area contributed by atoms with Crippen LogP contribution < -0.4 is 5.73 Å². The van der Waals surface area contributed by atoms with Gasteiger partial charge >= 0.3 is 0 Å². The summed E-state index contributed by atoms with van der Waals surface area (Å²) in [4.78, 5) is 4.23. The Balaban J connectivity index is 2.60. The van der Waals surface area contributed by atoms with E-state index in [4.69, 9.17) is 5.73 Å². The molecule has 15 heavy (non-hydrogen) atoms. The van der Waals surface area contributed by atoms with Gasteiger partial charge in [0.2, 0.25) is 0 Å². The van der Waals surface area contributed by atoms with E-state index < -0.39 is 6.10 Å². The second-order valence-electron chi connectivity index (χ2n) is 3.72. The molecule has 0 bridgehead atoms. The van der Waals surface area contributed by atoms with Crippen molar-refractivity contribution in [2.45, 2.75) is 19.1 Å². The average Bonchev–Trinajstić information content (AvgIpc) is 2.27. The molecule has 3 nitrogen and oxygen atoms in total. The lowest BCUT2D eigenvalue weighted by molar-refractivity contribution is 0.155. The number of fused-ring (bicyclic) bond motifs is 1. The summed E-state index contributed by atoms with van der Waals surface area (Å²) in [6, 6.07) is 9.22. The summed E-state index contributed by atoms with van der Waals surface area (Å²) >= 11 is 0. The molecule has 78 valence electrons. The number of hydrogen-bond acceptors (Lipinski definition) is 3. The molecule has 0 unspecified atom stereocenters. The zero-order valence-corrected chi connectivity index (χ0v) is 8.59. The highest BCUT2D eigenvalue weighted by Crippen LogP contribution is 2.24. The predicted octanol–water partition coefficient (Wildman–Crippen LogP) is 1.62. The van der Waals surface area contributed by atoms with E-state index in [2.05, 4.69) is 4.98 Å². The number of aliphatic hydroxyl groups excluding tert-OH is 1. The van der Waals surface area contributed by atoms with Crippen LogP contribution in [0.25, 0.3) is 10.9 Å². The zero-order valence-electron chi connectivity index (χ0n) is 8.59. The molecule has 0 saturated carbocycles. The Bertz CT molecular complexity index is 463. The van der Waals surface area contributed by atoms with Crippen LogP contribution in [0.5, 0.6) is 0 Å². The molecular formula is C12H14N2O. The van der Waals surface area contributed by atoms with Crippen molar-refractivity contribution in [2.24, 2.45) is 5.73 Å². The molecule has 2 aromatic rings. The maximum absolute atomic E-state index is 9.94. The van der Waals surface area contributed by atoms with Gasteiger partial charge in [0.15, 0.2) is 0 Å². The van der Waals surface area contributed by atoms with Gasteiger partial charge in [0.1, 0.15) is 0 Å². The Morgan fingerprint density at radius 3 is 2.80 bits per heavy atom. The number of nitrogens with two attached hydrogens (primary N) is 1. The van der Waals surface area contributed by atoms with Gasteiger partial charge in [0, 0.05) is 17.6 Å². The van der Waals surface area contributed by atoms with Crippen LogP contribution in [0.1, 0.15) is 18.6 Å². The fourth-order valence-electron chi connectivity index (χ4n) is 1.67. The summed E-state index contributed by atoms with van der Waals surface area (Å²) in [5.74, 6) is 0. The second kappa shape index (κ2) is 3.96. The number of benzene rings is 1. The molecule has 0 aliphatic carbocycles. The number of pyridine rings is 1. The Kier molecular flexibility index (Phi) is 2.66. The fraction of sp³-hybridized carbons (Fsp3) is 0.250. The first-order valence-electron chi connectivity index (χ1n) is 4.97. The van der Waals surface area contributed by atoms with Gasteiger partial charge in [0.05, 0.1) is 11.6 Å². The Morgan fingerprint density at radius 1 is 1.27 bits per heavy atom. The minimum atomic E-state index is -0.641. The molecule has 2 atom stereocenters. The third-order valence-electron chi connectivity index (χ3n) is 2.50. The molecule has 0 saturated heterocycles. The van der Waals surface area contributed by atoms with E-state index >= 15 is 0 Å². The fourth-order valence-corrected chi connectivity index (χ4v) is 1.67. The predicted molar refractivity (Wildman–Crippen MR) is 60.4 cm³/mol. The van der Waals surface area contributed by atoms with Crippen LogP contribution in [-0.2, 0) is 0 Å². The van der Waals surface area contributed by atoms with E-state index in [-0.39, 0.29) is 6.04 Å². The molecule has 1 aromatic carbocycles. The van der Waals surface area contributed by atoms with Gasteiger partial charge in [-0.25, -0.2) is 0 Å². The van der Waals surface area contributed by atoms with Crippen molar-refractivity contribution < 1.29 is 5.11 Å². The first kappa shape index (κ1) is 10.1. The van der Waals surface area contributed by atoms with Crippen molar-refractivity contribution in [3.63, 3.8) is 0 Å². The van der Waals surface area contributed by atoms with Gasteiger partial charge in [0.25, 0.3) is 0 Å². The van der Waals surface area contributed by atoms with Crippen LogP contribution in [0.15, 0.2) is 36.5 Å². The molecule has 0 amide bonds. The van der Waals surface area contributed by atoms with Crippen LogP contribution in [0.4, 0.5) is 0 Å². The Labute approximate surface area is 88.6 Å². The van der Waals surface area contributed by atoms with Crippen molar-refractivity contribution in [3.05, 3.63) is 42.1 Å². The monoisotopic (exact) mass is 202 g/mol. The molecule has 0 fully saturated rings. The highest BCUT2D eigenvalue weighted by atomic mass is 16.3. The third kappa shape index (κ3) is 1.84. The van der Waals surface area contributed by atoms with Gasteiger partial charge in [-0.2, -0.15) is 0 Å². The van der Waals surface area contributed by atoms with Crippen molar-refractivity contribution in [2.75, 3.05) is 0 Å². The van der Waals surface area contributed by atoms with Crippen LogP contribution >= 0.6 is 0 Å². The largest absolute Gasteiger partial charge is 0.387 e. The van der Waals surface area contributed by atoms with Gasteiger partial charge in [-0.15, -0.1) is 0 Å². The van der Waals surface area contributed by atoms with Gasteiger partial charge in [-0.05, 0) is 24.6 Å². The second-order valence-corrected chi connectivity index (χ2v) is 3.72. The third-order valence-corrected chi connectivity index (χ3v) is 2.50. The normalized spacial score (nSPS) is 15.1. The minimum absolute atomic E-state index is 0.282.